The third-order valence-electron chi connectivity index (χ3n) is 2.39. The zero-order valence-corrected chi connectivity index (χ0v) is 11.1. The fourth-order valence-electron chi connectivity index (χ4n) is 1.37. The fourth-order valence-corrected chi connectivity index (χ4v) is 2.30. The van der Waals surface area contributed by atoms with E-state index in [1.807, 2.05) is 35.0 Å². The minimum atomic E-state index is 0.0719. The minimum absolute atomic E-state index is 0.0719. The lowest BCUT2D eigenvalue weighted by atomic mass is 10.3. The van der Waals surface area contributed by atoms with Gasteiger partial charge in [0.15, 0.2) is 5.69 Å². The number of aromatic nitrogens is 3. The molecule has 0 saturated heterocycles. The van der Waals surface area contributed by atoms with Gasteiger partial charge in [-0.1, -0.05) is 18.2 Å². The quantitative estimate of drug-likeness (QED) is 0.658. The summed E-state index contributed by atoms with van der Waals surface area (Å²) in [4.78, 5) is 17.3. The Labute approximate surface area is 110 Å². The molecule has 18 heavy (non-hydrogen) atoms. The number of thioether (sulfide) groups is 1. The number of carbonyl (C=O) groups is 1. The van der Waals surface area contributed by atoms with Gasteiger partial charge in [-0.3, -0.25) is 4.79 Å². The van der Waals surface area contributed by atoms with E-state index >= 15 is 0 Å². The van der Waals surface area contributed by atoms with Crippen LogP contribution in [0.1, 0.15) is 0 Å². The average Bonchev–Trinajstić information content (AvgIpc) is 2.85. The molecule has 1 heterocycles. The molecular formula is C12H15N4OS+. The fraction of sp³-hybridized carbons (Fsp3) is 0.250. The summed E-state index contributed by atoms with van der Waals surface area (Å²) in [5, 5.41) is 3.81. The largest absolute Gasteiger partial charge is 0.385 e. The van der Waals surface area contributed by atoms with Gasteiger partial charge >= 0.3 is 5.16 Å². The molecule has 0 unspecified atom stereocenters. The molecular weight excluding hydrogens is 248 g/mol. The van der Waals surface area contributed by atoms with Crippen LogP contribution in [0.3, 0.4) is 0 Å². The molecule has 0 aliphatic carbocycles. The number of amides is 1. The summed E-state index contributed by atoms with van der Waals surface area (Å²) < 4.78 is 1.85. The highest BCUT2D eigenvalue weighted by Gasteiger charge is 2.18. The number of nitrogens with one attached hydrogen (secondary N) is 1. The van der Waals surface area contributed by atoms with E-state index in [1.165, 1.54) is 11.8 Å². The molecule has 2 rings (SSSR count). The van der Waals surface area contributed by atoms with Crippen LogP contribution < -0.4 is 4.68 Å². The summed E-state index contributed by atoms with van der Waals surface area (Å²) in [5.74, 6) is 0.452. The Morgan fingerprint density at radius 3 is 2.78 bits per heavy atom. The van der Waals surface area contributed by atoms with Crippen LogP contribution in [0, 0.1) is 0 Å². The van der Waals surface area contributed by atoms with Crippen molar-refractivity contribution in [1.29, 1.82) is 0 Å². The Hall–Kier alpha value is -1.82. The number of hydrogen-bond donors (Lipinski definition) is 1. The molecule has 1 N–H and O–H groups in total. The SMILES string of the molecule is CN(C)C(=O)CSc1nc[nH][n+]1-c1ccccc1. The molecule has 0 aliphatic rings. The molecule has 0 bridgehead atoms. The highest BCUT2D eigenvalue weighted by Crippen LogP contribution is 2.12. The van der Waals surface area contributed by atoms with Crippen LogP contribution in [-0.4, -0.2) is 40.7 Å². The van der Waals surface area contributed by atoms with E-state index in [1.54, 1.807) is 25.3 Å². The lowest BCUT2D eigenvalue weighted by Crippen LogP contribution is -2.35. The first-order valence-corrected chi connectivity index (χ1v) is 6.51. The molecule has 1 aromatic carbocycles. The van der Waals surface area contributed by atoms with E-state index in [2.05, 4.69) is 10.1 Å². The second-order valence-corrected chi connectivity index (χ2v) is 4.86. The van der Waals surface area contributed by atoms with Crippen LogP contribution in [0.25, 0.3) is 5.69 Å². The van der Waals surface area contributed by atoms with Crippen molar-refractivity contribution in [2.24, 2.45) is 0 Å². The Balaban J connectivity index is 2.12. The van der Waals surface area contributed by atoms with Gasteiger partial charge in [0, 0.05) is 14.1 Å². The smallest absolute Gasteiger partial charge is 0.348 e. The normalized spacial score (nSPS) is 10.3. The van der Waals surface area contributed by atoms with Crippen molar-refractivity contribution in [2.45, 2.75) is 5.16 Å². The summed E-state index contributed by atoms with van der Waals surface area (Å²) in [6, 6.07) is 9.85. The van der Waals surface area contributed by atoms with Crippen LogP contribution >= 0.6 is 11.8 Å². The molecule has 0 radical (unpaired) electrons. The maximum Gasteiger partial charge on any atom is 0.385 e. The van der Waals surface area contributed by atoms with Gasteiger partial charge in [-0.15, -0.1) is 4.68 Å². The Bertz CT molecular complexity index is 524. The zero-order chi connectivity index (χ0) is 13.0. The first kappa shape index (κ1) is 12.6. The summed E-state index contributed by atoms with van der Waals surface area (Å²) in [7, 11) is 3.50. The number of rotatable bonds is 4. The second kappa shape index (κ2) is 5.68. The molecule has 0 saturated carbocycles. The molecule has 1 aromatic heterocycles. The lowest BCUT2D eigenvalue weighted by molar-refractivity contribution is -0.694. The van der Waals surface area contributed by atoms with Gasteiger partial charge in [-0.25, -0.2) is 0 Å². The third kappa shape index (κ3) is 2.89. The third-order valence-corrected chi connectivity index (χ3v) is 3.33. The van der Waals surface area contributed by atoms with Crippen molar-refractivity contribution in [3.05, 3.63) is 36.7 Å². The molecule has 0 aliphatic heterocycles. The van der Waals surface area contributed by atoms with Gasteiger partial charge in [0.2, 0.25) is 12.2 Å². The van der Waals surface area contributed by atoms with E-state index in [-0.39, 0.29) is 5.91 Å². The number of benzene rings is 1. The van der Waals surface area contributed by atoms with Gasteiger partial charge in [-0.2, -0.15) is 5.10 Å². The van der Waals surface area contributed by atoms with Gasteiger partial charge in [-0.05, 0) is 28.9 Å². The number of hydrogen-bond acceptors (Lipinski definition) is 3. The minimum Gasteiger partial charge on any atom is -0.348 e. The van der Waals surface area contributed by atoms with Crippen LogP contribution in [0.4, 0.5) is 0 Å². The lowest BCUT2D eigenvalue weighted by Gasteiger charge is -2.07. The highest BCUT2D eigenvalue weighted by molar-refractivity contribution is 7.99. The predicted molar refractivity (Wildman–Crippen MR) is 69.5 cm³/mol. The van der Waals surface area contributed by atoms with Gasteiger partial charge in [0.25, 0.3) is 0 Å². The average molecular weight is 263 g/mol. The number of H-pyrrole nitrogens is 1. The number of para-hydroxylation sites is 1. The second-order valence-electron chi connectivity index (χ2n) is 3.92. The van der Waals surface area contributed by atoms with Crippen molar-refractivity contribution in [2.75, 3.05) is 19.8 Å². The topological polar surface area (TPSA) is 52.9 Å². The first-order valence-electron chi connectivity index (χ1n) is 5.52. The van der Waals surface area contributed by atoms with Crippen LogP contribution in [0.2, 0.25) is 0 Å². The Morgan fingerprint density at radius 2 is 2.11 bits per heavy atom. The van der Waals surface area contributed by atoms with Crippen molar-refractivity contribution >= 4 is 17.7 Å². The van der Waals surface area contributed by atoms with E-state index in [4.69, 9.17) is 0 Å². The van der Waals surface area contributed by atoms with Crippen molar-refractivity contribution in [3.8, 4) is 5.69 Å². The standard InChI is InChI=1S/C12H14N4OS/c1-15(2)11(17)8-18-12-13-9-14-16(12)10-6-4-3-5-7-10/h3-7,9H,8H2,1-2H3/p+1. The van der Waals surface area contributed by atoms with Gasteiger partial charge in [0.1, 0.15) is 0 Å². The molecule has 94 valence electrons. The number of nitrogens with zero attached hydrogens (tertiary/aromatic N) is 3. The van der Waals surface area contributed by atoms with E-state index in [9.17, 15) is 4.79 Å². The molecule has 6 heteroatoms. The van der Waals surface area contributed by atoms with Gasteiger partial charge in [0.05, 0.1) is 5.75 Å². The molecule has 2 aromatic rings. The maximum atomic E-state index is 11.5. The molecule has 0 atom stereocenters. The van der Waals surface area contributed by atoms with Crippen LogP contribution in [0.15, 0.2) is 41.8 Å². The Kier molecular flexibility index (Phi) is 3.99. The first-order chi connectivity index (χ1) is 8.68. The predicted octanol–water partition coefficient (Wildman–Crippen LogP) is 0.867. The zero-order valence-electron chi connectivity index (χ0n) is 10.3. The monoisotopic (exact) mass is 263 g/mol. The van der Waals surface area contributed by atoms with Crippen molar-refractivity contribution < 1.29 is 9.48 Å². The maximum absolute atomic E-state index is 11.5. The van der Waals surface area contributed by atoms with Crippen molar-refractivity contribution in [1.82, 2.24) is 15.0 Å². The summed E-state index contributed by atoms with van der Waals surface area (Å²) in [5.41, 5.74) is 0.995. The highest BCUT2D eigenvalue weighted by atomic mass is 32.2. The molecule has 0 spiro atoms. The number of aromatic amines is 1. The summed E-state index contributed by atoms with van der Waals surface area (Å²) in [6.45, 7) is 0. The summed E-state index contributed by atoms with van der Waals surface area (Å²) in [6.07, 6.45) is 1.62. The van der Waals surface area contributed by atoms with Crippen LogP contribution in [0.5, 0.6) is 0 Å². The van der Waals surface area contributed by atoms with E-state index in [0.717, 1.165) is 10.8 Å². The molecule has 0 fully saturated rings. The number of carbonyl (C=O) groups excluding carboxylic acids is 1. The van der Waals surface area contributed by atoms with Gasteiger partial charge < -0.3 is 4.90 Å². The van der Waals surface area contributed by atoms with Crippen LogP contribution in [-0.2, 0) is 4.79 Å². The Morgan fingerprint density at radius 1 is 1.39 bits per heavy atom. The molecule has 5 nitrogen and oxygen atoms in total. The van der Waals surface area contributed by atoms with E-state index in [0.29, 0.717) is 5.75 Å². The van der Waals surface area contributed by atoms with Crippen molar-refractivity contribution in [3.63, 3.8) is 0 Å². The molecule has 1 amide bonds. The van der Waals surface area contributed by atoms with E-state index < -0.39 is 0 Å². The summed E-state index contributed by atoms with van der Waals surface area (Å²) >= 11 is 1.41.